The van der Waals surface area contributed by atoms with Crippen LogP contribution in [0.5, 0.6) is 0 Å². The topological polar surface area (TPSA) is 27.5 Å². The van der Waals surface area contributed by atoms with Gasteiger partial charge in [0, 0.05) is 63.4 Å². The number of piperazine rings is 1. The second kappa shape index (κ2) is 6.96. The molecule has 1 saturated heterocycles. The first-order chi connectivity index (χ1) is 11.7. The van der Waals surface area contributed by atoms with Crippen molar-refractivity contribution in [3.8, 4) is 0 Å². The average Bonchev–Trinajstić information content (AvgIpc) is 3.23. The summed E-state index contributed by atoms with van der Waals surface area (Å²) < 4.78 is 2.47. The van der Waals surface area contributed by atoms with Gasteiger partial charge in [0.1, 0.15) is 5.82 Å². The van der Waals surface area contributed by atoms with E-state index in [-0.39, 0.29) is 0 Å². The molecule has 2 aromatic rings. The first kappa shape index (κ1) is 16.3. The van der Waals surface area contributed by atoms with Crippen LogP contribution in [-0.4, -0.2) is 64.0 Å². The molecule has 4 rings (SSSR count). The maximum Gasteiger partial charge on any atom is 0.126 e. The molecule has 2 aromatic heterocycles. The smallest absolute Gasteiger partial charge is 0.126 e. The summed E-state index contributed by atoms with van der Waals surface area (Å²) in [6, 6.07) is 4.77. The van der Waals surface area contributed by atoms with Crippen molar-refractivity contribution in [2.75, 3.05) is 39.8 Å². The molecule has 0 aliphatic carbocycles. The second-order valence-electron chi connectivity index (χ2n) is 7.06. The van der Waals surface area contributed by atoms with Crippen LogP contribution in [-0.2, 0) is 19.6 Å². The molecule has 0 bridgehead atoms. The number of thiophene rings is 1. The van der Waals surface area contributed by atoms with Crippen molar-refractivity contribution in [3.63, 3.8) is 0 Å². The molecule has 24 heavy (non-hydrogen) atoms. The van der Waals surface area contributed by atoms with Crippen LogP contribution >= 0.6 is 11.3 Å². The van der Waals surface area contributed by atoms with Crippen LogP contribution in [0.3, 0.4) is 0 Å². The van der Waals surface area contributed by atoms with E-state index < -0.39 is 0 Å². The van der Waals surface area contributed by atoms with Crippen LogP contribution in [0, 0.1) is 0 Å². The summed E-state index contributed by atoms with van der Waals surface area (Å²) in [7, 11) is 2.21. The zero-order valence-electron chi connectivity index (χ0n) is 14.7. The van der Waals surface area contributed by atoms with E-state index in [4.69, 9.17) is 4.98 Å². The molecule has 1 atom stereocenters. The Hall–Kier alpha value is -1.21. The second-order valence-corrected chi connectivity index (χ2v) is 8.10. The molecule has 0 spiro atoms. The first-order valence-electron chi connectivity index (χ1n) is 8.92. The highest BCUT2D eigenvalue weighted by Gasteiger charge is 2.27. The lowest BCUT2D eigenvalue weighted by Gasteiger charge is -2.35. The van der Waals surface area contributed by atoms with Gasteiger partial charge in [0.15, 0.2) is 0 Å². The van der Waals surface area contributed by atoms with E-state index in [9.17, 15) is 0 Å². The molecule has 0 saturated carbocycles. The highest BCUT2D eigenvalue weighted by Crippen LogP contribution is 2.28. The van der Waals surface area contributed by atoms with E-state index in [1.54, 1.807) is 0 Å². The highest BCUT2D eigenvalue weighted by molar-refractivity contribution is 7.09. The summed E-state index contributed by atoms with van der Waals surface area (Å²) in [5.74, 6) is 1.24. The fourth-order valence-electron chi connectivity index (χ4n) is 3.78. The Balaban J connectivity index is 1.44. The minimum atomic E-state index is 0.391. The molecule has 0 unspecified atom stereocenters. The van der Waals surface area contributed by atoms with Crippen molar-refractivity contribution < 1.29 is 0 Å². The summed E-state index contributed by atoms with van der Waals surface area (Å²) in [5.41, 5.74) is 1.39. The lowest BCUT2D eigenvalue weighted by Crippen LogP contribution is -2.44. The lowest BCUT2D eigenvalue weighted by atomic mass is 10.2. The number of aromatic nitrogens is 2. The molecule has 0 aromatic carbocycles. The molecule has 0 radical (unpaired) electrons. The van der Waals surface area contributed by atoms with E-state index in [1.165, 1.54) is 29.5 Å². The minimum Gasteiger partial charge on any atom is -0.328 e. The van der Waals surface area contributed by atoms with E-state index >= 15 is 0 Å². The Bertz CT molecular complexity index is 657. The Morgan fingerprint density at radius 2 is 1.96 bits per heavy atom. The van der Waals surface area contributed by atoms with Gasteiger partial charge >= 0.3 is 0 Å². The van der Waals surface area contributed by atoms with Crippen LogP contribution in [0.4, 0.5) is 0 Å². The molecule has 6 heteroatoms. The Labute approximate surface area is 148 Å². The molecule has 2 aliphatic rings. The van der Waals surface area contributed by atoms with Gasteiger partial charge in [0.05, 0.1) is 11.7 Å². The molecule has 5 nitrogen and oxygen atoms in total. The van der Waals surface area contributed by atoms with Crippen LogP contribution in [0.15, 0.2) is 23.7 Å². The van der Waals surface area contributed by atoms with Crippen LogP contribution in [0.25, 0.3) is 0 Å². The van der Waals surface area contributed by atoms with Crippen molar-refractivity contribution in [2.45, 2.75) is 32.6 Å². The maximum absolute atomic E-state index is 4.79. The largest absolute Gasteiger partial charge is 0.328 e. The Morgan fingerprint density at radius 3 is 2.71 bits per heavy atom. The molecule has 0 amide bonds. The minimum absolute atomic E-state index is 0.391. The van der Waals surface area contributed by atoms with Gasteiger partial charge in [-0.15, -0.1) is 11.3 Å². The third-order valence-electron chi connectivity index (χ3n) is 5.42. The fourth-order valence-corrected chi connectivity index (χ4v) is 4.51. The van der Waals surface area contributed by atoms with Gasteiger partial charge in [-0.1, -0.05) is 6.07 Å². The third kappa shape index (κ3) is 3.28. The summed E-state index contributed by atoms with van der Waals surface area (Å²) in [5, 5.41) is 2.17. The van der Waals surface area contributed by atoms with E-state index in [1.807, 2.05) is 11.3 Å². The summed E-state index contributed by atoms with van der Waals surface area (Å²) >= 11 is 1.85. The van der Waals surface area contributed by atoms with Crippen molar-refractivity contribution in [3.05, 3.63) is 40.1 Å². The molecule has 130 valence electrons. The van der Waals surface area contributed by atoms with Crippen LogP contribution in [0.1, 0.15) is 29.4 Å². The van der Waals surface area contributed by atoms with Gasteiger partial charge in [0.2, 0.25) is 0 Å². The number of nitrogens with zero attached hydrogens (tertiary/aromatic N) is 5. The average molecular weight is 346 g/mol. The van der Waals surface area contributed by atoms with Crippen LogP contribution in [0.2, 0.25) is 0 Å². The fraction of sp³-hybridized carbons (Fsp3) is 0.611. The van der Waals surface area contributed by atoms with E-state index in [0.717, 1.165) is 39.3 Å². The highest BCUT2D eigenvalue weighted by atomic mass is 32.1. The Morgan fingerprint density at radius 1 is 1.12 bits per heavy atom. The normalized spacial score (nSPS) is 23.5. The monoisotopic (exact) mass is 345 g/mol. The molecule has 4 heterocycles. The number of imidazole rings is 1. The van der Waals surface area contributed by atoms with Gasteiger partial charge in [-0.25, -0.2) is 4.98 Å². The number of likely N-dealkylation sites (N-methyl/N-ethyl adjacent to an activating group) is 1. The zero-order valence-corrected chi connectivity index (χ0v) is 15.5. The number of fused-ring (bicyclic) bond motifs is 1. The SMILES string of the molecule is C[C@H]1c2ncc(CN3CCN(C)CC3)n2CCN1Cc1cccs1. The maximum atomic E-state index is 4.79. The predicted octanol–water partition coefficient (Wildman–Crippen LogP) is 2.27. The van der Waals surface area contributed by atoms with Crippen molar-refractivity contribution >= 4 is 11.3 Å². The van der Waals surface area contributed by atoms with Gasteiger partial charge < -0.3 is 9.47 Å². The molecule has 1 fully saturated rings. The quantitative estimate of drug-likeness (QED) is 0.850. The zero-order chi connectivity index (χ0) is 16.5. The standard InChI is InChI=1S/C18H27N5S/c1-15-18-19-12-16(13-21-7-5-20(2)6-8-21)23(18)10-9-22(15)14-17-4-3-11-24-17/h3-4,11-12,15H,5-10,13-14H2,1-2H3/t15-/m0/s1. The molecular formula is C18H27N5S. The van der Waals surface area contributed by atoms with Crippen molar-refractivity contribution in [1.82, 2.24) is 24.3 Å². The summed E-state index contributed by atoms with van der Waals surface area (Å²) in [4.78, 5) is 13.8. The van der Waals surface area contributed by atoms with E-state index in [0.29, 0.717) is 6.04 Å². The molecular weight excluding hydrogens is 318 g/mol. The van der Waals surface area contributed by atoms with Crippen molar-refractivity contribution in [1.29, 1.82) is 0 Å². The molecule has 0 N–H and O–H groups in total. The number of rotatable bonds is 4. The Kier molecular flexibility index (Phi) is 4.72. The number of hydrogen-bond donors (Lipinski definition) is 0. The van der Waals surface area contributed by atoms with Crippen LogP contribution < -0.4 is 0 Å². The van der Waals surface area contributed by atoms with E-state index in [2.05, 4.69) is 56.9 Å². The predicted molar refractivity (Wildman–Crippen MR) is 98.1 cm³/mol. The summed E-state index contributed by atoms with van der Waals surface area (Å²) in [6.45, 7) is 11.2. The van der Waals surface area contributed by atoms with Gasteiger partial charge in [-0.05, 0) is 25.4 Å². The number of hydrogen-bond acceptors (Lipinski definition) is 5. The van der Waals surface area contributed by atoms with Gasteiger partial charge in [-0.2, -0.15) is 0 Å². The lowest BCUT2D eigenvalue weighted by molar-refractivity contribution is 0.137. The van der Waals surface area contributed by atoms with Gasteiger partial charge in [-0.3, -0.25) is 9.80 Å². The van der Waals surface area contributed by atoms with Crippen molar-refractivity contribution in [2.24, 2.45) is 0 Å². The first-order valence-corrected chi connectivity index (χ1v) is 9.80. The third-order valence-corrected chi connectivity index (χ3v) is 6.28. The molecule has 2 aliphatic heterocycles. The summed E-state index contributed by atoms with van der Waals surface area (Å²) in [6.07, 6.45) is 2.11. The van der Waals surface area contributed by atoms with Gasteiger partial charge in [0.25, 0.3) is 0 Å².